The van der Waals surface area contributed by atoms with Gasteiger partial charge in [0.2, 0.25) is 0 Å². The summed E-state index contributed by atoms with van der Waals surface area (Å²) in [6, 6.07) is 0. The van der Waals surface area contributed by atoms with Gasteiger partial charge in [-0.25, -0.2) is 0 Å². The lowest BCUT2D eigenvalue weighted by atomic mass is 10.1. The summed E-state index contributed by atoms with van der Waals surface area (Å²) in [5.74, 6) is 0.754. The van der Waals surface area contributed by atoms with E-state index in [1.54, 1.807) is 0 Å². The van der Waals surface area contributed by atoms with E-state index in [1.807, 2.05) is 6.08 Å². The fraction of sp³-hybridized carbons (Fsp3) is 0.538. The van der Waals surface area contributed by atoms with Crippen molar-refractivity contribution in [3.8, 4) is 0 Å². The lowest BCUT2D eigenvalue weighted by Gasteiger charge is -2.32. The fourth-order valence-electron chi connectivity index (χ4n) is 2.05. The number of nitrogens with zero attached hydrogens (tertiary/aromatic N) is 1. The Labute approximate surface area is 97.0 Å². The van der Waals surface area contributed by atoms with E-state index in [0.717, 1.165) is 32.1 Å². The first kappa shape index (κ1) is 11.4. The van der Waals surface area contributed by atoms with Crippen molar-refractivity contribution in [3.63, 3.8) is 0 Å². The Hall–Kier alpha value is -1.06. The van der Waals surface area contributed by atoms with Crippen molar-refractivity contribution in [3.05, 3.63) is 35.6 Å². The summed E-state index contributed by atoms with van der Waals surface area (Å²) in [5, 5.41) is 0. The first-order valence-electron chi connectivity index (χ1n) is 5.70. The third-order valence-electron chi connectivity index (χ3n) is 2.71. The molecule has 0 saturated carbocycles. The monoisotopic (exact) mass is 221 g/mol. The van der Waals surface area contributed by atoms with E-state index in [4.69, 9.17) is 9.47 Å². The zero-order chi connectivity index (χ0) is 11.5. The maximum absolute atomic E-state index is 5.75. The molecule has 1 atom stereocenters. The zero-order valence-electron chi connectivity index (χ0n) is 10.0. The molecule has 2 aliphatic rings. The van der Waals surface area contributed by atoms with E-state index in [-0.39, 0.29) is 6.23 Å². The maximum atomic E-state index is 5.75. The molecule has 3 heteroatoms. The predicted octanol–water partition coefficient (Wildman–Crippen LogP) is 2.08. The quantitative estimate of drug-likeness (QED) is 0.712. The van der Waals surface area contributed by atoms with E-state index in [0.29, 0.717) is 0 Å². The molecule has 1 saturated heterocycles. The molecule has 2 rings (SSSR count). The number of ether oxygens (including phenoxy) is 2. The molecule has 0 aliphatic carbocycles. The lowest BCUT2D eigenvalue weighted by molar-refractivity contribution is -0.0439. The Bertz CT molecular complexity index is 334. The summed E-state index contributed by atoms with van der Waals surface area (Å²) in [7, 11) is 0. The van der Waals surface area contributed by atoms with E-state index in [1.165, 1.54) is 11.1 Å². The minimum atomic E-state index is 0.0336. The van der Waals surface area contributed by atoms with Gasteiger partial charge >= 0.3 is 0 Å². The van der Waals surface area contributed by atoms with Crippen LogP contribution in [0.2, 0.25) is 0 Å². The summed E-state index contributed by atoms with van der Waals surface area (Å²) in [5.41, 5.74) is 2.48. The molecule has 0 radical (unpaired) electrons. The summed E-state index contributed by atoms with van der Waals surface area (Å²) in [4.78, 5) is 2.30. The van der Waals surface area contributed by atoms with Crippen LogP contribution in [0.15, 0.2) is 35.6 Å². The molecule has 3 nitrogen and oxygen atoms in total. The van der Waals surface area contributed by atoms with E-state index in [9.17, 15) is 0 Å². The normalized spacial score (nSPS) is 26.2. The summed E-state index contributed by atoms with van der Waals surface area (Å²) >= 11 is 0. The van der Waals surface area contributed by atoms with Gasteiger partial charge in [0.1, 0.15) is 5.76 Å². The largest absolute Gasteiger partial charge is 0.472 e. The van der Waals surface area contributed by atoms with Gasteiger partial charge in [0.15, 0.2) is 6.23 Å². The standard InChI is InChI=1S/C13H19NO2/c1-10(2)8-12-9-11(3)16-13(12)14-4-6-15-7-5-14/h8-9,13H,3-7H2,1-2H3. The van der Waals surface area contributed by atoms with Gasteiger partial charge < -0.3 is 9.47 Å². The molecule has 0 bridgehead atoms. The van der Waals surface area contributed by atoms with Gasteiger partial charge in [-0.05, 0) is 19.9 Å². The van der Waals surface area contributed by atoms with Crippen LogP contribution in [0.4, 0.5) is 0 Å². The van der Waals surface area contributed by atoms with Crippen molar-refractivity contribution >= 4 is 0 Å². The van der Waals surface area contributed by atoms with Crippen molar-refractivity contribution < 1.29 is 9.47 Å². The van der Waals surface area contributed by atoms with Crippen LogP contribution >= 0.6 is 0 Å². The van der Waals surface area contributed by atoms with Crippen molar-refractivity contribution in [2.75, 3.05) is 26.3 Å². The molecule has 0 spiro atoms. The van der Waals surface area contributed by atoms with Gasteiger partial charge in [0, 0.05) is 18.7 Å². The van der Waals surface area contributed by atoms with Gasteiger partial charge in [-0.15, -0.1) is 0 Å². The topological polar surface area (TPSA) is 21.7 Å². The summed E-state index contributed by atoms with van der Waals surface area (Å²) < 4.78 is 11.1. The highest BCUT2D eigenvalue weighted by atomic mass is 16.5. The minimum absolute atomic E-state index is 0.0336. The Morgan fingerprint density at radius 2 is 2.12 bits per heavy atom. The van der Waals surface area contributed by atoms with Crippen LogP contribution in [0.5, 0.6) is 0 Å². The van der Waals surface area contributed by atoms with E-state index < -0.39 is 0 Å². The van der Waals surface area contributed by atoms with Crippen LogP contribution in [0.1, 0.15) is 13.8 Å². The lowest BCUT2D eigenvalue weighted by Crippen LogP contribution is -2.44. The number of rotatable bonds is 2. The Balaban J connectivity index is 2.11. The third kappa shape index (κ3) is 2.54. The van der Waals surface area contributed by atoms with Crippen molar-refractivity contribution in [2.24, 2.45) is 0 Å². The highest BCUT2D eigenvalue weighted by Gasteiger charge is 2.28. The van der Waals surface area contributed by atoms with Crippen LogP contribution < -0.4 is 0 Å². The highest BCUT2D eigenvalue weighted by molar-refractivity contribution is 5.35. The van der Waals surface area contributed by atoms with Crippen molar-refractivity contribution in [1.82, 2.24) is 4.90 Å². The van der Waals surface area contributed by atoms with Crippen molar-refractivity contribution in [2.45, 2.75) is 20.1 Å². The zero-order valence-corrected chi connectivity index (χ0v) is 10.0. The summed E-state index contributed by atoms with van der Waals surface area (Å²) in [6.45, 7) is 11.5. The second-order valence-electron chi connectivity index (χ2n) is 4.45. The first-order valence-corrected chi connectivity index (χ1v) is 5.70. The fourth-order valence-corrected chi connectivity index (χ4v) is 2.05. The van der Waals surface area contributed by atoms with Crippen LogP contribution in [0.25, 0.3) is 0 Å². The molecular formula is C13H19NO2. The van der Waals surface area contributed by atoms with Gasteiger partial charge in [-0.1, -0.05) is 18.2 Å². The predicted molar refractivity (Wildman–Crippen MR) is 63.9 cm³/mol. The van der Waals surface area contributed by atoms with Crippen LogP contribution in [0, 0.1) is 0 Å². The molecule has 88 valence electrons. The smallest absolute Gasteiger partial charge is 0.179 e. The average molecular weight is 221 g/mol. The number of hydrogen-bond donors (Lipinski definition) is 0. The molecule has 0 N–H and O–H groups in total. The van der Waals surface area contributed by atoms with Gasteiger partial charge in [-0.2, -0.15) is 0 Å². The Morgan fingerprint density at radius 1 is 1.44 bits per heavy atom. The first-order chi connectivity index (χ1) is 7.66. The van der Waals surface area contributed by atoms with Crippen LogP contribution in [-0.4, -0.2) is 37.4 Å². The molecule has 0 aromatic heterocycles. The van der Waals surface area contributed by atoms with E-state index >= 15 is 0 Å². The van der Waals surface area contributed by atoms with Crippen LogP contribution in [0.3, 0.4) is 0 Å². The minimum Gasteiger partial charge on any atom is -0.472 e. The van der Waals surface area contributed by atoms with Crippen molar-refractivity contribution in [1.29, 1.82) is 0 Å². The third-order valence-corrected chi connectivity index (χ3v) is 2.71. The maximum Gasteiger partial charge on any atom is 0.179 e. The Morgan fingerprint density at radius 3 is 2.75 bits per heavy atom. The molecule has 1 fully saturated rings. The Kier molecular flexibility index (Phi) is 3.46. The molecule has 0 aromatic rings. The molecule has 0 amide bonds. The SMILES string of the molecule is C=C1C=C(C=C(C)C)C(N2CCOCC2)O1. The van der Waals surface area contributed by atoms with Crippen LogP contribution in [-0.2, 0) is 9.47 Å². The molecule has 16 heavy (non-hydrogen) atoms. The second-order valence-corrected chi connectivity index (χ2v) is 4.45. The molecular weight excluding hydrogens is 202 g/mol. The van der Waals surface area contributed by atoms with E-state index in [2.05, 4.69) is 31.4 Å². The summed E-state index contributed by atoms with van der Waals surface area (Å²) in [6.07, 6.45) is 4.22. The second kappa shape index (κ2) is 4.85. The number of allylic oxidation sites excluding steroid dienone is 2. The molecule has 0 aromatic carbocycles. The number of hydrogen-bond acceptors (Lipinski definition) is 3. The van der Waals surface area contributed by atoms with Gasteiger partial charge in [0.05, 0.1) is 13.2 Å². The molecule has 2 heterocycles. The molecule has 1 unspecified atom stereocenters. The highest BCUT2D eigenvalue weighted by Crippen LogP contribution is 2.26. The van der Waals surface area contributed by atoms with Gasteiger partial charge in [-0.3, -0.25) is 4.90 Å². The van der Waals surface area contributed by atoms with Gasteiger partial charge in [0.25, 0.3) is 0 Å². The molecule has 2 aliphatic heterocycles. The number of morpholine rings is 1. The average Bonchev–Trinajstić information content (AvgIpc) is 2.60.